The van der Waals surface area contributed by atoms with E-state index in [4.69, 9.17) is 5.21 Å². The van der Waals surface area contributed by atoms with E-state index in [1.54, 1.807) is 5.48 Å². The third kappa shape index (κ3) is 1.76. The van der Waals surface area contributed by atoms with Crippen molar-refractivity contribution in [1.29, 1.82) is 0 Å². The summed E-state index contributed by atoms with van der Waals surface area (Å²) >= 11 is 0. The van der Waals surface area contributed by atoms with Gasteiger partial charge in [0.2, 0.25) is 0 Å². The molecule has 5 heteroatoms. The molecule has 0 aromatic heterocycles. The molecule has 3 nitrogen and oxygen atoms in total. The molecule has 0 spiro atoms. The maximum Gasteiger partial charge on any atom is 0.184 e. The molecule has 0 saturated carbocycles. The number of hydrogen-bond acceptors (Lipinski definition) is 2. The molecular formula is C7H6F2N2O. The Bertz CT molecular complexity index is 301. The maximum atomic E-state index is 12.7. The van der Waals surface area contributed by atoms with Gasteiger partial charge >= 0.3 is 0 Å². The van der Waals surface area contributed by atoms with Crippen LogP contribution >= 0.6 is 0 Å². The lowest BCUT2D eigenvalue weighted by molar-refractivity contribution is 0.240. The summed E-state index contributed by atoms with van der Waals surface area (Å²) in [5.41, 5.74) is 1.41. The van der Waals surface area contributed by atoms with E-state index in [1.165, 1.54) is 12.1 Å². The van der Waals surface area contributed by atoms with Crippen molar-refractivity contribution >= 4 is 12.0 Å². The zero-order valence-corrected chi connectivity index (χ0v) is 5.96. The lowest BCUT2D eigenvalue weighted by Gasteiger charge is -1.95. The van der Waals surface area contributed by atoms with Crippen molar-refractivity contribution in [3.05, 3.63) is 29.8 Å². The molecule has 0 bridgehead atoms. The molecule has 64 valence electrons. The number of hydroxylamine groups is 1. The van der Waals surface area contributed by atoms with Gasteiger partial charge in [0.1, 0.15) is 12.0 Å². The van der Waals surface area contributed by atoms with E-state index in [-0.39, 0.29) is 5.69 Å². The molecule has 2 N–H and O–H groups in total. The summed E-state index contributed by atoms with van der Waals surface area (Å²) in [4.78, 5) is 3.38. The lowest BCUT2D eigenvalue weighted by atomic mass is 10.3. The van der Waals surface area contributed by atoms with Crippen molar-refractivity contribution < 1.29 is 14.0 Å². The molecule has 1 aromatic carbocycles. The van der Waals surface area contributed by atoms with E-state index >= 15 is 0 Å². The minimum absolute atomic E-state index is 0.170. The molecule has 0 unspecified atom stereocenters. The fourth-order valence-corrected chi connectivity index (χ4v) is 0.691. The first-order valence-electron chi connectivity index (χ1n) is 3.12. The molecule has 0 heterocycles. The first kappa shape index (κ1) is 8.61. The minimum Gasteiger partial charge on any atom is -0.290 e. The van der Waals surface area contributed by atoms with Crippen molar-refractivity contribution in [2.45, 2.75) is 0 Å². The van der Waals surface area contributed by atoms with Crippen molar-refractivity contribution in [3.63, 3.8) is 0 Å². The third-order valence-corrected chi connectivity index (χ3v) is 1.19. The van der Waals surface area contributed by atoms with E-state index in [2.05, 4.69) is 4.99 Å². The molecule has 0 aliphatic heterocycles. The number of aliphatic imine (C=N–C) groups is 1. The van der Waals surface area contributed by atoms with Crippen molar-refractivity contribution in [1.82, 2.24) is 5.48 Å². The van der Waals surface area contributed by atoms with Gasteiger partial charge in [-0.1, -0.05) is 6.07 Å². The highest BCUT2D eigenvalue weighted by Gasteiger charge is 2.04. The lowest BCUT2D eigenvalue weighted by Crippen LogP contribution is -2.01. The molecule has 0 radical (unpaired) electrons. The highest BCUT2D eigenvalue weighted by molar-refractivity contribution is 5.59. The van der Waals surface area contributed by atoms with Crippen LogP contribution in [0.5, 0.6) is 0 Å². The fraction of sp³-hybridized carbons (Fsp3) is 0. The Morgan fingerprint density at radius 1 is 1.42 bits per heavy atom. The second kappa shape index (κ2) is 3.77. The maximum absolute atomic E-state index is 12.7. The molecule has 1 rings (SSSR count). The standard InChI is InChI=1S/C7H6F2N2O/c8-5-2-1-3-6(7(5)9)10-4-11-12/h1-4,12H,(H,10,11). The Morgan fingerprint density at radius 3 is 2.83 bits per heavy atom. The van der Waals surface area contributed by atoms with E-state index < -0.39 is 11.6 Å². The molecule has 0 amide bonds. The summed E-state index contributed by atoms with van der Waals surface area (Å²) in [7, 11) is 0. The van der Waals surface area contributed by atoms with Gasteiger partial charge in [0.15, 0.2) is 11.6 Å². The average Bonchev–Trinajstić information content (AvgIpc) is 2.08. The Hall–Kier alpha value is -1.49. The van der Waals surface area contributed by atoms with Gasteiger partial charge < -0.3 is 0 Å². The normalized spacial score (nSPS) is 10.6. The Labute approximate surface area is 67.3 Å². The van der Waals surface area contributed by atoms with Crippen molar-refractivity contribution in [2.24, 2.45) is 4.99 Å². The predicted octanol–water partition coefficient (Wildman–Crippen LogP) is 1.60. The first-order valence-corrected chi connectivity index (χ1v) is 3.12. The number of halogens is 2. The summed E-state index contributed by atoms with van der Waals surface area (Å²) < 4.78 is 25.2. The van der Waals surface area contributed by atoms with Crippen molar-refractivity contribution in [2.75, 3.05) is 0 Å². The van der Waals surface area contributed by atoms with Crippen LogP contribution in [0.25, 0.3) is 0 Å². The van der Waals surface area contributed by atoms with Gasteiger partial charge in [0, 0.05) is 0 Å². The van der Waals surface area contributed by atoms with E-state index in [0.717, 1.165) is 12.4 Å². The molecule has 0 saturated heterocycles. The summed E-state index contributed by atoms with van der Waals surface area (Å²) in [5, 5.41) is 8.07. The quantitative estimate of drug-likeness (QED) is 0.404. The second-order valence-corrected chi connectivity index (χ2v) is 1.96. The summed E-state index contributed by atoms with van der Waals surface area (Å²) in [6.45, 7) is 0. The van der Waals surface area contributed by atoms with Gasteiger partial charge in [-0.25, -0.2) is 13.8 Å². The number of nitrogens with one attached hydrogen (secondary N) is 1. The van der Waals surface area contributed by atoms with Gasteiger partial charge in [-0.2, -0.15) is 0 Å². The van der Waals surface area contributed by atoms with Crippen LogP contribution in [0.2, 0.25) is 0 Å². The monoisotopic (exact) mass is 172 g/mol. The smallest absolute Gasteiger partial charge is 0.184 e. The molecule has 0 fully saturated rings. The summed E-state index contributed by atoms with van der Waals surface area (Å²) in [6, 6.07) is 3.59. The average molecular weight is 172 g/mol. The topological polar surface area (TPSA) is 44.6 Å². The van der Waals surface area contributed by atoms with Crippen LogP contribution in [-0.2, 0) is 0 Å². The van der Waals surface area contributed by atoms with Crippen LogP contribution in [0.3, 0.4) is 0 Å². The molecule has 0 aliphatic rings. The van der Waals surface area contributed by atoms with Crippen LogP contribution in [0.4, 0.5) is 14.5 Å². The molecular weight excluding hydrogens is 166 g/mol. The van der Waals surface area contributed by atoms with Gasteiger partial charge in [0.05, 0.1) is 0 Å². The van der Waals surface area contributed by atoms with Gasteiger partial charge in [0.25, 0.3) is 0 Å². The van der Waals surface area contributed by atoms with Gasteiger partial charge in [-0.05, 0) is 12.1 Å². The largest absolute Gasteiger partial charge is 0.290 e. The molecule has 0 atom stereocenters. The Kier molecular flexibility index (Phi) is 2.71. The molecule has 1 aromatic rings. The zero-order chi connectivity index (χ0) is 8.97. The highest BCUT2D eigenvalue weighted by atomic mass is 19.2. The van der Waals surface area contributed by atoms with E-state index in [9.17, 15) is 8.78 Å². The Balaban J connectivity index is 3.00. The van der Waals surface area contributed by atoms with Crippen LogP contribution in [-0.4, -0.2) is 11.5 Å². The van der Waals surface area contributed by atoms with E-state index in [0.29, 0.717) is 0 Å². The SMILES string of the molecule is ONC=Nc1cccc(F)c1F. The summed E-state index contributed by atoms with van der Waals surface area (Å²) in [6.07, 6.45) is 0.845. The molecule has 12 heavy (non-hydrogen) atoms. The van der Waals surface area contributed by atoms with Gasteiger partial charge in [-0.3, -0.25) is 10.7 Å². The highest BCUT2D eigenvalue weighted by Crippen LogP contribution is 2.18. The van der Waals surface area contributed by atoms with Crippen LogP contribution < -0.4 is 5.48 Å². The zero-order valence-electron chi connectivity index (χ0n) is 5.96. The second-order valence-electron chi connectivity index (χ2n) is 1.96. The van der Waals surface area contributed by atoms with Crippen molar-refractivity contribution in [3.8, 4) is 0 Å². The fourth-order valence-electron chi connectivity index (χ4n) is 0.691. The van der Waals surface area contributed by atoms with Crippen LogP contribution in [0.1, 0.15) is 0 Å². The first-order chi connectivity index (χ1) is 5.75. The Morgan fingerprint density at radius 2 is 2.17 bits per heavy atom. The van der Waals surface area contributed by atoms with Gasteiger partial charge in [-0.15, -0.1) is 0 Å². The van der Waals surface area contributed by atoms with Crippen LogP contribution in [0, 0.1) is 11.6 Å². The minimum atomic E-state index is -1.04. The molecule has 0 aliphatic carbocycles. The summed E-state index contributed by atoms with van der Waals surface area (Å²) in [5.74, 6) is -2.01. The third-order valence-electron chi connectivity index (χ3n) is 1.19. The van der Waals surface area contributed by atoms with Crippen LogP contribution in [0.15, 0.2) is 23.2 Å². The van der Waals surface area contributed by atoms with E-state index in [1.807, 2.05) is 0 Å². The number of benzene rings is 1. The predicted molar refractivity (Wildman–Crippen MR) is 39.4 cm³/mol. The number of nitrogens with zero attached hydrogens (tertiary/aromatic N) is 1. The number of rotatable bonds is 2. The number of hydrogen-bond donors (Lipinski definition) is 2.